The van der Waals surface area contributed by atoms with Gasteiger partial charge in [-0.2, -0.15) is 5.06 Å². The molecule has 3 aliphatic heterocycles. The Labute approximate surface area is 347 Å². The number of rotatable bonds is 19. The van der Waals surface area contributed by atoms with Crippen molar-refractivity contribution in [2.24, 2.45) is 10.4 Å². The van der Waals surface area contributed by atoms with Crippen molar-refractivity contribution in [2.45, 2.75) is 63.7 Å². The van der Waals surface area contributed by atoms with Gasteiger partial charge in [-0.1, -0.05) is 45.9 Å². The van der Waals surface area contributed by atoms with Crippen LogP contribution >= 0.6 is 48.1 Å². The Hall–Kier alpha value is -3.13. The van der Waals surface area contributed by atoms with E-state index in [2.05, 4.69) is 55.6 Å². The van der Waals surface area contributed by atoms with E-state index in [0.717, 1.165) is 118 Å². The molecule has 0 aliphatic carbocycles. The van der Waals surface area contributed by atoms with E-state index in [4.69, 9.17) is 9.55 Å². The minimum Gasteiger partial charge on any atom is -0.344 e. The second-order valence-electron chi connectivity index (χ2n) is 13.9. The summed E-state index contributed by atoms with van der Waals surface area (Å²) in [5.74, 6) is 0.808. The van der Waals surface area contributed by atoms with Gasteiger partial charge in [0, 0.05) is 89.2 Å². The zero-order valence-electron chi connectivity index (χ0n) is 32.8. The van der Waals surface area contributed by atoms with Crippen LogP contribution in [0.15, 0.2) is 87.6 Å². The molecule has 0 spiro atoms. The third-order valence-corrected chi connectivity index (χ3v) is 11.7. The molecule has 3 amide bonds. The van der Waals surface area contributed by atoms with Crippen molar-refractivity contribution in [3.8, 4) is 0 Å². The molecule has 1 aromatic rings. The number of aliphatic imine (C=N–C) groups is 1. The summed E-state index contributed by atoms with van der Waals surface area (Å²) in [6.45, 7) is 10.6. The van der Waals surface area contributed by atoms with Gasteiger partial charge in [0.05, 0.1) is 31.5 Å². The number of hydroxylamine groups is 2. The van der Waals surface area contributed by atoms with Crippen molar-refractivity contribution >= 4 is 83.5 Å². The largest absolute Gasteiger partial charge is 0.344 e. The van der Waals surface area contributed by atoms with Gasteiger partial charge in [0.15, 0.2) is 0 Å². The molecule has 0 aromatic heterocycles. The lowest BCUT2D eigenvalue weighted by molar-refractivity contribution is -0.588. The summed E-state index contributed by atoms with van der Waals surface area (Å²) < 4.78 is 29.4. The molecular formula is C39H54N5O8S4+. The van der Waals surface area contributed by atoms with Crippen molar-refractivity contribution in [1.82, 2.24) is 9.37 Å². The summed E-state index contributed by atoms with van der Waals surface area (Å²) in [7, 11) is 2.97. The maximum atomic E-state index is 13.3. The van der Waals surface area contributed by atoms with Crippen molar-refractivity contribution in [3.05, 3.63) is 83.3 Å². The molecule has 5 N–H and O–H groups in total. The van der Waals surface area contributed by atoms with E-state index in [1.54, 1.807) is 7.05 Å². The second kappa shape index (κ2) is 23.3. The molecular weight excluding hydrogens is 795 g/mol. The van der Waals surface area contributed by atoms with Crippen molar-refractivity contribution in [3.63, 3.8) is 0 Å². The Balaban J connectivity index is 0.000000817. The molecule has 3 aliphatic rings. The molecule has 17 heteroatoms. The van der Waals surface area contributed by atoms with Crippen LogP contribution in [0.3, 0.4) is 0 Å². The van der Waals surface area contributed by atoms with Gasteiger partial charge in [-0.25, -0.2) is 0 Å². The van der Waals surface area contributed by atoms with E-state index < -0.39 is 0 Å². The smallest absolute Gasteiger partial charge is 0.268 e. The van der Waals surface area contributed by atoms with Crippen molar-refractivity contribution < 1.29 is 43.0 Å². The maximum absolute atomic E-state index is 13.3. The zero-order chi connectivity index (χ0) is 41.3. The van der Waals surface area contributed by atoms with Crippen LogP contribution in [0, 0.1) is 5.41 Å². The number of quaternary nitrogens is 1. The minimum absolute atomic E-state index is 0.180. The summed E-state index contributed by atoms with van der Waals surface area (Å²) in [5.41, 5.74) is 5.26. The minimum atomic E-state index is -0.386. The lowest BCUT2D eigenvalue weighted by atomic mass is 9.81. The average molecular weight is 849 g/mol. The highest BCUT2D eigenvalue weighted by molar-refractivity contribution is 7.98. The van der Waals surface area contributed by atoms with Gasteiger partial charge in [0.25, 0.3) is 17.7 Å². The second-order valence-corrected chi connectivity index (χ2v) is 17.0. The number of hydrogen-bond acceptors (Lipinski definition) is 14. The molecule has 0 unspecified atom stereocenters. The van der Waals surface area contributed by atoms with E-state index in [9.17, 15) is 28.3 Å². The first kappa shape index (κ1) is 47.2. The molecule has 1 saturated heterocycles. The first-order valence-electron chi connectivity index (χ1n) is 18.1. The molecule has 0 saturated carbocycles. The van der Waals surface area contributed by atoms with E-state index in [1.807, 2.05) is 48.0 Å². The number of likely N-dealkylation sites (N-methyl/N-ethyl adjacent to an activating group) is 1. The molecule has 56 heavy (non-hydrogen) atoms. The summed E-state index contributed by atoms with van der Waals surface area (Å²) in [6.07, 6.45) is 16.9. The Kier molecular flexibility index (Phi) is 19.7. The Bertz CT molecular complexity index is 1720. The highest BCUT2D eigenvalue weighted by atomic mass is 32.2. The molecule has 306 valence electrons. The molecule has 0 atom stereocenters. The van der Waals surface area contributed by atoms with Gasteiger partial charge in [-0.05, 0) is 90.0 Å². The van der Waals surface area contributed by atoms with E-state index in [1.165, 1.54) is 11.4 Å². The number of benzene rings is 1. The quantitative estimate of drug-likeness (QED) is 0.0229. The predicted octanol–water partition coefficient (Wildman–Crippen LogP) is 6.40. The number of amides is 3. The molecule has 3 heterocycles. The van der Waals surface area contributed by atoms with Crippen LogP contribution in [0.2, 0.25) is 0 Å². The number of carbonyl (C=O) groups is 4. The number of carbonyl (C=O) groups excluding carboxylic acids is 4. The third-order valence-electron chi connectivity index (χ3n) is 9.47. The first-order valence-corrected chi connectivity index (χ1v) is 21.7. The Morgan fingerprint density at radius 2 is 1.71 bits per heavy atom. The average Bonchev–Trinajstić information content (AvgIpc) is 3.74. The van der Waals surface area contributed by atoms with Crippen LogP contribution in [0.4, 0.5) is 5.69 Å². The Morgan fingerprint density at radius 1 is 1.02 bits per heavy atom. The van der Waals surface area contributed by atoms with Crippen LogP contribution in [0.5, 0.6) is 0 Å². The van der Waals surface area contributed by atoms with Crippen LogP contribution in [-0.2, 0) is 29.4 Å². The fraction of sp³-hybridized carbons (Fsp3) is 0.462. The number of hydrogen-bond donors (Lipinski definition) is 4. The Morgan fingerprint density at radius 3 is 2.34 bits per heavy atom. The fourth-order valence-electron chi connectivity index (χ4n) is 6.30. The number of nitrogens with two attached hydrogens (primary N) is 1. The van der Waals surface area contributed by atoms with E-state index in [0.29, 0.717) is 23.6 Å². The molecule has 4 rings (SSSR count). The normalized spacial score (nSPS) is 19.0. The maximum Gasteiger partial charge on any atom is 0.268 e. The predicted molar refractivity (Wildman–Crippen MR) is 229 cm³/mol. The van der Waals surface area contributed by atoms with E-state index >= 15 is 0 Å². The molecule has 0 radical (unpaired) electrons. The molecule has 13 nitrogen and oxygen atoms in total. The van der Waals surface area contributed by atoms with Crippen molar-refractivity contribution in [2.75, 3.05) is 56.0 Å². The number of allylic oxidation sites excluding steroid dienone is 6. The van der Waals surface area contributed by atoms with Crippen LogP contribution in [-0.4, -0.2) is 104 Å². The highest BCUT2D eigenvalue weighted by Gasteiger charge is 2.40. The first-order chi connectivity index (χ1) is 26.8. The van der Waals surface area contributed by atoms with Gasteiger partial charge < -0.3 is 28.7 Å². The summed E-state index contributed by atoms with van der Waals surface area (Å²) >= 11 is 3.59. The number of nitrogens with zero attached hydrogens (tertiary/aromatic N) is 4. The SMILES string of the molecule is CN(SCC=O)C(=O)C(/C=C1\CN=C(/C=C/C=C/C=C2/N(CCCSO)c3ccc(SO)cc3C2(C)C)C1(C)C)=C/[NH2+]CCCSO.CON1C(=O)CCC1=O. The molecule has 1 aromatic carbocycles. The summed E-state index contributed by atoms with van der Waals surface area (Å²) in [5, 5.41) is 2.74. The van der Waals surface area contributed by atoms with Crippen molar-refractivity contribution in [1.29, 1.82) is 0 Å². The van der Waals surface area contributed by atoms with Crippen LogP contribution < -0.4 is 10.2 Å². The van der Waals surface area contributed by atoms with Crippen LogP contribution in [0.25, 0.3) is 0 Å². The fourth-order valence-corrected chi connectivity index (χ4v) is 7.66. The number of imide groups is 1. The monoisotopic (exact) mass is 848 g/mol. The lowest BCUT2D eigenvalue weighted by Gasteiger charge is -2.27. The third kappa shape index (κ3) is 12.7. The van der Waals surface area contributed by atoms with E-state index in [-0.39, 0.29) is 47.1 Å². The zero-order valence-corrected chi connectivity index (χ0v) is 36.1. The summed E-state index contributed by atoms with van der Waals surface area (Å²) in [4.78, 5) is 57.7. The highest BCUT2D eigenvalue weighted by Crippen LogP contribution is 2.48. The van der Waals surface area contributed by atoms with Crippen LogP contribution in [0.1, 0.15) is 58.9 Å². The molecule has 1 fully saturated rings. The van der Waals surface area contributed by atoms with Gasteiger partial charge in [-0.15, -0.1) is 0 Å². The summed E-state index contributed by atoms with van der Waals surface area (Å²) in [6, 6.07) is 6.04. The number of fused-ring (bicyclic) bond motifs is 1. The molecule has 0 bridgehead atoms. The van der Waals surface area contributed by atoms with Gasteiger partial charge in [0.2, 0.25) is 0 Å². The number of aldehydes is 1. The number of anilines is 1. The van der Waals surface area contributed by atoms with Gasteiger partial charge in [-0.3, -0.25) is 28.5 Å². The van der Waals surface area contributed by atoms with Gasteiger partial charge in [0.1, 0.15) is 12.5 Å². The lowest BCUT2D eigenvalue weighted by Crippen LogP contribution is -2.78. The van der Waals surface area contributed by atoms with Gasteiger partial charge >= 0.3 is 0 Å². The standard InChI is InChI=1S/C34H46N4O5S4.C5H7NO3/c1-33(2)26(21-25(23-35-15-9-18-45-41)32(40)37(5)44-20-17-39)24-36-30(33)11-7-6-8-12-31-34(3,4)28-22-27(47-43)13-14-29(28)38(31)16-10-19-46-42;1-9-6-4(7)2-3-5(6)8/h6-8,11-14,17,21-23,35,41-43H,9-10,15-16,18-20,24H2,1-5H3;2-3H2,1H3/p+1/b8-6+,11-7+,25-23+,26-21+,31-12+;. The topological polar surface area (TPSA) is 177 Å².